The molecule has 0 aliphatic carbocycles. The van der Waals surface area contributed by atoms with E-state index in [1.807, 2.05) is 45.9 Å². The van der Waals surface area contributed by atoms with Gasteiger partial charge in [-0.1, -0.05) is 42.4 Å². The average Bonchev–Trinajstić information content (AvgIpc) is 3.04. The zero-order chi connectivity index (χ0) is 23.5. The number of hydrogen-bond acceptors (Lipinski definition) is 6. The molecule has 0 saturated heterocycles. The SMILES string of the molecule is CCC(Sc1nnc(CS(=O)(=O)c2ccc(C)cc2)n1C)C(=O)Nc1cc(C)cc(C)c1. The minimum atomic E-state index is -3.55. The third-order valence-corrected chi connectivity index (χ3v) is 8.05. The fraction of sp³-hybridized carbons (Fsp3) is 0.348. The van der Waals surface area contributed by atoms with Crippen LogP contribution in [0.3, 0.4) is 0 Å². The maximum atomic E-state index is 12.8. The Kier molecular flexibility index (Phi) is 7.40. The van der Waals surface area contributed by atoms with Gasteiger partial charge in [0.05, 0.1) is 10.1 Å². The number of amides is 1. The van der Waals surface area contributed by atoms with Crippen molar-refractivity contribution in [2.24, 2.45) is 7.05 Å². The van der Waals surface area contributed by atoms with Crippen molar-refractivity contribution in [2.75, 3.05) is 5.32 Å². The molecule has 3 aromatic rings. The second-order valence-electron chi connectivity index (χ2n) is 7.91. The fourth-order valence-corrected chi connectivity index (χ4v) is 5.54. The predicted molar refractivity (Wildman–Crippen MR) is 128 cm³/mol. The molecule has 0 aliphatic rings. The molecule has 1 amide bonds. The summed E-state index contributed by atoms with van der Waals surface area (Å²) in [6, 6.07) is 12.6. The predicted octanol–water partition coefficient (Wildman–Crippen LogP) is 4.22. The van der Waals surface area contributed by atoms with Crippen molar-refractivity contribution in [3.05, 3.63) is 65.0 Å². The normalized spacial score (nSPS) is 12.5. The molecular formula is C23H28N4O3S2. The summed E-state index contributed by atoms with van der Waals surface area (Å²) >= 11 is 1.28. The first-order valence-corrected chi connectivity index (χ1v) is 12.9. The maximum absolute atomic E-state index is 12.8. The van der Waals surface area contributed by atoms with Gasteiger partial charge in [0.25, 0.3) is 0 Å². The molecule has 2 aromatic carbocycles. The minimum Gasteiger partial charge on any atom is -0.325 e. The zero-order valence-electron chi connectivity index (χ0n) is 18.9. The van der Waals surface area contributed by atoms with E-state index in [2.05, 4.69) is 15.5 Å². The van der Waals surface area contributed by atoms with Gasteiger partial charge in [0, 0.05) is 12.7 Å². The van der Waals surface area contributed by atoms with Gasteiger partial charge in [0.2, 0.25) is 5.91 Å². The summed E-state index contributed by atoms with van der Waals surface area (Å²) in [4.78, 5) is 13.1. The van der Waals surface area contributed by atoms with E-state index in [0.717, 1.165) is 22.4 Å². The van der Waals surface area contributed by atoms with Gasteiger partial charge < -0.3 is 9.88 Å². The summed E-state index contributed by atoms with van der Waals surface area (Å²) in [5.41, 5.74) is 3.91. The number of aryl methyl sites for hydroxylation is 3. The van der Waals surface area contributed by atoms with Gasteiger partial charge >= 0.3 is 0 Å². The summed E-state index contributed by atoms with van der Waals surface area (Å²) in [7, 11) is -1.83. The van der Waals surface area contributed by atoms with Gasteiger partial charge in [0.15, 0.2) is 15.0 Å². The molecular weight excluding hydrogens is 444 g/mol. The van der Waals surface area contributed by atoms with Crippen LogP contribution >= 0.6 is 11.8 Å². The Bertz CT molecular complexity index is 1200. The van der Waals surface area contributed by atoms with Crippen LogP contribution in [-0.4, -0.2) is 34.3 Å². The second-order valence-corrected chi connectivity index (χ2v) is 11.1. The van der Waals surface area contributed by atoms with Crippen molar-refractivity contribution in [1.82, 2.24) is 14.8 Å². The van der Waals surface area contributed by atoms with Gasteiger partial charge in [-0.2, -0.15) is 0 Å². The number of hydrogen-bond donors (Lipinski definition) is 1. The van der Waals surface area contributed by atoms with Crippen molar-refractivity contribution < 1.29 is 13.2 Å². The van der Waals surface area contributed by atoms with E-state index < -0.39 is 9.84 Å². The van der Waals surface area contributed by atoms with Crippen molar-refractivity contribution in [2.45, 2.75) is 55.2 Å². The first-order chi connectivity index (χ1) is 15.1. The van der Waals surface area contributed by atoms with Gasteiger partial charge in [-0.3, -0.25) is 4.79 Å². The molecule has 9 heteroatoms. The monoisotopic (exact) mass is 472 g/mol. The Morgan fingerprint density at radius 1 is 1.03 bits per heavy atom. The van der Waals surface area contributed by atoms with Gasteiger partial charge in [0.1, 0.15) is 11.6 Å². The van der Waals surface area contributed by atoms with Crippen LogP contribution in [0.5, 0.6) is 0 Å². The summed E-state index contributed by atoms with van der Waals surface area (Å²) < 4.78 is 27.2. The Balaban J connectivity index is 1.73. The highest BCUT2D eigenvalue weighted by atomic mass is 32.2. The van der Waals surface area contributed by atoms with E-state index in [1.54, 1.807) is 35.9 Å². The number of thioether (sulfide) groups is 1. The molecule has 0 aliphatic heterocycles. The Labute approximate surface area is 193 Å². The van der Waals surface area contributed by atoms with Crippen molar-refractivity contribution in [3.8, 4) is 0 Å². The quantitative estimate of drug-likeness (QED) is 0.493. The van der Waals surface area contributed by atoms with Crippen LogP contribution in [0.1, 0.15) is 35.9 Å². The number of sulfone groups is 1. The largest absolute Gasteiger partial charge is 0.325 e. The number of carbonyl (C=O) groups excluding carboxylic acids is 1. The number of rotatable bonds is 8. The zero-order valence-corrected chi connectivity index (χ0v) is 20.5. The minimum absolute atomic E-state index is 0.126. The summed E-state index contributed by atoms with van der Waals surface area (Å²) in [5, 5.41) is 11.3. The molecule has 1 atom stereocenters. The van der Waals surface area contributed by atoms with E-state index in [9.17, 15) is 13.2 Å². The van der Waals surface area contributed by atoms with Crippen LogP contribution in [-0.2, 0) is 27.4 Å². The summed E-state index contributed by atoms with van der Waals surface area (Å²) in [6.45, 7) is 7.81. The van der Waals surface area contributed by atoms with Crippen LogP contribution in [0.25, 0.3) is 0 Å². The molecule has 170 valence electrons. The third kappa shape index (κ3) is 5.77. The second kappa shape index (κ2) is 9.87. The molecule has 0 fully saturated rings. The number of carbonyl (C=O) groups is 1. The Hall–Kier alpha value is -2.65. The van der Waals surface area contributed by atoms with Gasteiger partial charge in [-0.15, -0.1) is 10.2 Å². The number of nitrogens with zero attached hydrogens (tertiary/aromatic N) is 3. The molecule has 1 unspecified atom stereocenters. The average molecular weight is 473 g/mol. The van der Waals surface area contributed by atoms with Crippen LogP contribution in [0.4, 0.5) is 5.69 Å². The highest BCUT2D eigenvalue weighted by Gasteiger charge is 2.24. The van der Waals surface area contributed by atoms with Crippen molar-refractivity contribution in [3.63, 3.8) is 0 Å². The summed E-state index contributed by atoms with van der Waals surface area (Å²) in [6.07, 6.45) is 0.588. The van der Waals surface area contributed by atoms with Gasteiger partial charge in [-0.25, -0.2) is 8.42 Å². The lowest BCUT2D eigenvalue weighted by Gasteiger charge is -2.15. The number of benzene rings is 2. The van der Waals surface area contributed by atoms with Crippen molar-refractivity contribution >= 4 is 33.2 Å². The Morgan fingerprint density at radius 2 is 1.66 bits per heavy atom. The standard InChI is InChI=1S/C23H28N4O3S2/c1-6-20(22(28)24-18-12-16(3)11-17(4)13-18)31-23-26-25-21(27(23)5)14-32(29,30)19-9-7-15(2)8-10-19/h7-13,20H,6,14H2,1-5H3,(H,24,28). The first kappa shape index (κ1) is 24.0. The number of anilines is 1. The highest BCUT2D eigenvalue weighted by Crippen LogP contribution is 2.26. The molecule has 0 bridgehead atoms. The van der Waals surface area contributed by atoms with E-state index in [1.165, 1.54) is 11.8 Å². The number of aromatic nitrogens is 3. The molecule has 3 rings (SSSR count). The number of nitrogens with one attached hydrogen (secondary N) is 1. The molecule has 32 heavy (non-hydrogen) atoms. The molecule has 7 nitrogen and oxygen atoms in total. The van der Waals surface area contributed by atoms with E-state index >= 15 is 0 Å². The van der Waals surface area contributed by atoms with Crippen LogP contribution < -0.4 is 5.32 Å². The molecule has 0 saturated carbocycles. The van der Waals surface area contributed by atoms with Gasteiger partial charge in [-0.05, 0) is 62.6 Å². The lowest BCUT2D eigenvalue weighted by atomic mass is 10.1. The fourth-order valence-electron chi connectivity index (χ4n) is 3.29. The van der Waals surface area contributed by atoms with E-state index in [4.69, 9.17) is 0 Å². The highest BCUT2D eigenvalue weighted by molar-refractivity contribution is 8.00. The first-order valence-electron chi connectivity index (χ1n) is 10.3. The molecule has 0 radical (unpaired) electrons. The molecule has 1 N–H and O–H groups in total. The molecule has 0 spiro atoms. The van der Waals surface area contributed by atoms with Crippen LogP contribution in [0.2, 0.25) is 0 Å². The lowest BCUT2D eigenvalue weighted by molar-refractivity contribution is -0.115. The summed E-state index contributed by atoms with van der Waals surface area (Å²) in [5.74, 6) is -0.0527. The Morgan fingerprint density at radius 3 is 2.25 bits per heavy atom. The third-order valence-electron chi connectivity index (χ3n) is 5.02. The lowest BCUT2D eigenvalue weighted by Crippen LogP contribution is -2.25. The van der Waals surface area contributed by atoms with Crippen LogP contribution in [0, 0.1) is 20.8 Å². The van der Waals surface area contributed by atoms with Crippen molar-refractivity contribution in [1.29, 1.82) is 0 Å². The maximum Gasteiger partial charge on any atom is 0.237 e. The van der Waals surface area contributed by atoms with Crippen LogP contribution in [0.15, 0.2) is 52.5 Å². The molecule has 1 aromatic heterocycles. The van der Waals surface area contributed by atoms with E-state index in [0.29, 0.717) is 17.4 Å². The topological polar surface area (TPSA) is 93.9 Å². The molecule has 1 heterocycles. The smallest absolute Gasteiger partial charge is 0.237 e. The van der Waals surface area contributed by atoms with E-state index in [-0.39, 0.29) is 21.8 Å².